The predicted octanol–water partition coefficient (Wildman–Crippen LogP) is 1.87. The number of rotatable bonds is 2. The van der Waals surface area contributed by atoms with Gasteiger partial charge in [-0.15, -0.1) is 0 Å². The van der Waals surface area contributed by atoms with Crippen LogP contribution in [0, 0.1) is 16.0 Å². The SMILES string of the molecule is CC(=O)C1CC12CNc1cc([N+](=O)[O-])ccc12. The van der Waals surface area contributed by atoms with Gasteiger partial charge in [0.25, 0.3) is 5.69 Å². The van der Waals surface area contributed by atoms with Crippen LogP contribution in [0.5, 0.6) is 0 Å². The number of ketones is 1. The molecule has 3 rings (SSSR count). The molecular weight excluding hydrogens is 220 g/mol. The highest BCUT2D eigenvalue weighted by Crippen LogP contribution is 2.59. The summed E-state index contributed by atoms with van der Waals surface area (Å²) in [5.41, 5.74) is 1.87. The molecule has 17 heavy (non-hydrogen) atoms. The fourth-order valence-electron chi connectivity index (χ4n) is 2.91. The topological polar surface area (TPSA) is 72.2 Å². The fraction of sp³-hybridized carbons (Fsp3) is 0.417. The van der Waals surface area contributed by atoms with E-state index in [4.69, 9.17) is 0 Å². The quantitative estimate of drug-likeness (QED) is 0.624. The molecule has 0 bridgehead atoms. The predicted molar refractivity (Wildman–Crippen MR) is 62.1 cm³/mol. The number of non-ortho nitro benzene ring substituents is 1. The summed E-state index contributed by atoms with van der Waals surface area (Å²) in [6.07, 6.45) is 0.861. The summed E-state index contributed by atoms with van der Waals surface area (Å²) in [5, 5.41) is 13.9. The first-order chi connectivity index (χ1) is 8.04. The van der Waals surface area contributed by atoms with Gasteiger partial charge in [0.05, 0.1) is 4.92 Å². The van der Waals surface area contributed by atoms with E-state index in [1.807, 2.05) is 0 Å². The Kier molecular flexibility index (Phi) is 1.85. The monoisotopic (exact) mass is 232 g/mol. The van der Waals surface area contributed by atoms with E-state index in [1.165, 1.54) is 6.07 Å². The smallest absolute Gasteiger partial charge is 0.271 e. The molecule has 1 fully saturated rings. The van der Waals surface area contributed by atoms with Crippen molar-refractivity contribution in [3.05, 3.63) is 33.9 Å². The van der Waals surface area contributed by atoms with E-state index in [0.29, 0.717) is 6.54 Å². The van der Waals surface area contributed by atoms with Crippen molar-refractivity contribution in [1.29, 1.82) is 0 Å². The van der Waals surface area contributed by atoms with Crippen LogP contribution >= 0.6 is 0 Å². The molecule has 1 saturated carbocycles. The molecule has 0 saturated heterocycles. The third-order valence-electron chi connectivity index (χ3n) is 3.91. The third-order valence-corrected chi connectivity index (χ3v) is 3.91. The van der Waals surface area contributed by atoms with Crippen LogP contribution in [-0.4, -0.2) is 17.3 Å². The van der Waals surface area contributed by atoms with Crippen molar-refractivity contribution in [3.63, 3.8) is 0 Å². The molecule has 2 unspecified atom stereocenters. The highest BCUT2D eigenvalue weighted by atomic mass is 16.6. The number of benzene rings is 1. The summed E-state index contributed by atoms with van der Waals surface area (Å²) in [6, 6.07) is 4.86. The summed E-state index contributed by atoms with van der Waals surface area (Å²) in [4.78, 5) is 21.7. The Morgan fingerprint density at radius 1 is 1.59 bits per heavy atom. The molecule has 2 atom stereocenters. The summed E-state index contributed by atoms with van der Waals surface area (Å²) < 4.78 is 0. The zero-order valence-corrected chi connectivity index (χ0v) is 9.40. The van der Waals surface area contributed by atoms with Crippen LogP contribution < -0.4 is 5.32 Å². The van der Waals surface area contributed by atoms with Gasteiger partial charge >= 0.3 is 0 Å². The van der Waals surface area contributed by atoms with Crippen LogP contribution in [0.25, 0.3) is 0 Å². The molecule has 1 spiro atoms. The Bertz CT molecular complexity index is 541. The molecule has 1 aliphatic carbocycles. The number of nitro benzene ring substituents is 1. The maximum atomic E-state index is 11.4. The molecule has 5 heteroatoms. The van der Waals surface area contributed by atoms with Gasteiger partial charge in [-0.25, -0.2) is 0 Å². The second kappa shape index (κ2) is 3.06. The van der Waals surface area contributed by atoms with Crippen molar-refractivity contribution < 1.29 is 9.72 Å². The summed E-state index contributed by atoms with van der Waals surface area (Å²) >= 11 is 0. The largest absolute Gasteiger partial charge is 0.384 e. The number of nitrogens with one attached hydrogen (secondary N) is 1. The van der Waals surface area contributed by atoms with Crippen LogP contribution in [0.15, 0.2) is 18.2 Å². The third kappa shape index (κ3) is 1.28. The molecule has 5 nitrogen and oxygen atoms in total. The molecule has 88 valence electrons. The van der Waals surface area contributed by atoms with Gasteiger partial charge in [0.15, 0.2) is 0 Å². The van der Waals surface area contributed by atoms with E-state index in [9.17, 15) is 14.9 Å². The molecule has 2 aliphatic rings. The number of hydrogen-bond acceptors (Lipinski definition) is 4. The molecule has 1 aromatic carbocycles. The number of carbonyl (C=O) groups is 1. The first-order valence-corrected chi connectivity index (χ1v) is 5.58. The number of hydrogen-bond donors (Lipinski definition) is 1. The second-order valence-electron chi connectivity index (χ2n) is 4.86. The molecule has 1 aliphatic heterocycles. The fourth-order valence-corrected chi connectivity index (χ4v) is 2.91. The number of nitro groups is 1. The second-order valence-corrected chi connectivity index (χ2v) is 4.86. The molecule has 1 aromatic rings. The Morgan fingerprint density at radius 3 is 2.94 bits per heavy atom. The summed E-state index contributed by atoms with van der Waals surface area (Å²) in [5.74, 6) is 0.288. The first-order valence-electron chi connectivity index (χ1n) is 5.58. The van der Waals surface area contributed by atoms with Gasteiger partial charge in [0, 0.05) is 35.7 Å². The van der Waals surface area contributed by atoms with Gasteiger partial charge < -0.3 is 5.32 Å². The Labute approximate surface area is 98.0 Å². The molecule has 0 aromatic heterocycles. The lowest BCUT2D eigenvalue weighted by molar-refractivity contribution is -0.384. The lowest BCUT2D eigenvalue weighted by Gasteiger charge is -2.07. The number of fused-ring (bicyclic) bond motifs is 2. The van der Waals surface area contributed by atoms with Gasteiger partial charge in [0.2, 0.25) is 0 Å². The van der Waals surface area contributed by atoms with Crippen molar-refractivity contribution in [2.75, 3.05) is 11.9 Å². The molecule has 1 heterocycles. The highest BCUT2D eigenvalue weighted by Gasteiger charge is 2.60. The van der Waals surface area contributed by atoms with E-state index in [2.05, 4.69) is 5.32 Å². The minimum atomic E-state index is -0.400. The minimum absolute atomic E-state index is 0.0812. The number of anilines is 1. The van der Waals surface area contributed by atoms with E-state index in [-0.39, 0.29) is 22.8 Å². The Balaban J connectivity index is 2.01. The normalized spacial score (nSPS) is 28.6. The summed E-state index contributed by atoms with van der Waals surface area (Å²) in [7, 11) is 0. The lowest BCUT2D eigenvalue weighted by Crippen LogP contribution is -2.15. The lowest BCUT2D eigenvalue weighted by atomic mass is 9.94. The average Bonchev–Trinajstić information content (AvgIpc) is 2.90. The average molecular weight is 232 g/mol. The Morgan fingerprint density at radius 2 is 2.35 bits per heavy atom. The molecule has 0 radical (unpaired) electrons. The van der Waals surface area contributed by atoms with Gasteiger partial charge in [0.1, 0.15) is 5.78 Å². The van der Waals surface area contributed by atoms with Crippen LogP contribution in [0.3, 0.4) is 0 Å². The number of nitrogens with zero attached hydrogens (tertiary/aromatic N) is 1. The van der Waals surface area contributed by atoms with E-state index in [1.54, 1.807) is 19.1 Å². The van der Waals surface area contributed by atoms with Gasteiger partial charge in [-0.3, -0.25) is 14.9 Å². The number of Topliss-reactive ketones (excluding diaryl/α,β-unsaturated/α-hetero) is 1. The maximum Gasteiger partial charge on any atom is 0.271 e. The van der Waals surface area contributed by atoms with Gasteiger partial charge in [-0.05, 0) is 25.0 Å². The van der Waals surface area contributed by atoms with Crippen molar-refractivity contribution >= 4 is 17.2 Å². The van der Waals surface area contributed by atoms with Gasteiger partial charge in [-0.2, -0.15) is 0 Å². The van der Waals surface area contributed by atoms with E-state index < -0.39 is 4.92 Å². The van der Waals surface area contributed by atoms with Gasteiger partial charge in [-0.1, -0.05) is 0 Å². The highest BCUT2D eigenvalue weighted by molar-refractivity contribution is 5.86. The van der Waals surface area contributed by atoms with Crippen molar-refractivity contribution in [3.8, 4) is 0 Å². The standard InChI is InChI=1S/C12H12N2O3/c1-7(15)10-5-12(10)6-13-11-4-8(14(16)17)2-3-9(11)12/h2-4,10,13H,5-6H2,1H3. The van der Waals surface area contributed by atoms with Crippen LogP contribution in [-0.2, 0) is 10.2 Å². The van der Waals surface area contributed by atoms with Crippen LogP contribution in [0.4, 0.5) is 11.4 Å². The zero-order valence-electron chi connectivity index (χ0n) is 9.40. The molecular formula is C12H12N2O3. The van der Waals surface area contributed by atoms with Crippen LogP contribution in [0.1, 0.15) is 18.9 Å². The summed E-state index contributed by atoms with van der Waals surface area (Å²) in [6.45, 7) is 2.33. The molecule has 0 amide bonds. The number of carbonyl (C=O) groups excluding carboxylic acids is 1. The minimum Gasteiger partial charge on any atom is -0.384 e. The van der Waals surface area contributed by atoms with Crippen molar-refractivity contribution in [2.24, 2.45) is 5.92 Å². The van der Waals surface area contributed by atoms with Crippen LogP contribution in [0.2, 0.25) is 0 Å². The molecule has 1 N–H and O–H groups in total. The first kappa shape index (κ1) is 10.3. The maximum absolute atomic E-state index is 11.4. The zero-order chi connectivity index (χ0) is 12.2. The van der Waals surface area contributed by atoms with E-state index >= 15 is 0 Å². The Hall–Kier alpha value is -1.91. The van der Waals surface area contributed by atoms with Crippen molar-refractivity contribution in [1.82, 2.24) is 0 Å². The van der Waals surface area contributed by atoms with E-state index in [0.717, 1.165) is 17.7 Å². The van der Waals surface area contributed by atoms with Crippen molar-refractivity contribution in [2.45, 2.75) is 18.8 Å².